The van der Waals surface area contributed by atoms with Gasteiger partial charge in [-0.15, -0.1) is 0 Å². The van der Waals surface area contributed by atoms with Crippen molar-refractivity contribution in [2.24, 2.45) is 0 Å². The largest absolute Gasteiger partial charge is 0.351 e. The number of ether oxygens (including phenoxy) is 2. The fourth-order valence-electron chi connectivity index (χ4n) is 2.60. The first-order valence-corrected chi connectivity index (χ1v) is 9.93. The maximum atomic E-state index is 6.25. The molecular formula is C16H33O2Si. The molecule has 113 valence electrons. The first-order valence-electron chi connectivity index (χ1n) is 7.77. The van der Waals surface area contributed by atoms with Gasteiger partial charge in [0.25, 0.3) is 0 Å². The highest BCUT2D eigenvalue weighted by Gasteiger charge is 2.35. The van der Waals surface area contributed by atoms with Crippen molar-refractivity contribution in [2.45, 2.75) is 103 Å². The Hall–Kier alpha value is 0.137. The third-order valence-corrected chi connectivity index (χ3v) is 6.39. The minimum atomic E-state index is -0.639. The van der Waals surface area contributed by atoms with Gasteiger partial charge in [-0.25, -0.2) is 0 Å². The molecule has 0 aromatic rings. The SMILES string of the molecule is C[Si](C1CCCCC1)C(OC(C)(C)C)OC(C)(C)C. The molecule has 1 fully saturated rings. The predicted octanol–water partition coefficient (Wildman–Crippen LogP) is 4.94. The van der Waals surface area contributed by atoms with Crippen molar-refractivity contribution in [3.05, 3.63) is 0 Å². The second-order valence-corrected chi connectivity index (χ2v) is 10.6. The molecule has 0 saturated heterocycles. The normalized spacial score (nSPS) is 19.4. The average Bonchev–Trinajstić information content (AvgIpc) is 2.24. The van der Waals surface area contributed by atoms with Crippen molar-refractivity contribution in [1.82, 2.24) is 0 Å². The van der Waals surface area contributed by atoms with E-state index < -0.39 is 8.80 Å². The summed E-state index contributed by atoms with van der Waals surface area (Å²) in [6.07, 6.45) is 6.95. The van der Waals surface area contributed by atoms with E-state index in [4.69, 9.17) is 9.47 Å². The summed E-state index contributed by atoms with van der Waals surface area (Å²) in [7, 11) is -0.639. The minimum absolute atomic E-state index is 0.00750. The lowest BCUT2D eigenvalue weighted by atomic mass is 10.0. The van der Waals surface area contributed by atoms with Gasteiger partial charge >= 0.3 is 0 Å². The van der Waals surface area contributed by atoms with E-state index >= 15 is 0 Å². The van der Waals surface area contributed by atoms with Gasteiger partial charge in [-0.2, -0.15) is 0 Å². The summed E-state index contributed by atoms with van der Waals surface area (Å²) >= 11 is 0. The molecule has 0 aliphatic heterocycles. The molecule has 0 aromatic heterocycles. The third-order valence-electron chi connectivity index (χ3n) is 3.54. The molecular weight excluding hydrogens is 252 g/mol. The molecule has 1 radical (unpaired) electrons. The van der Waals surface area contributed by atoms with Crippen LogP contribution in [0.5, 0.6) is 0 Å². The minimum Gasteiger partial charge on any atom is -0.351 e. The van der Waals surface area contributed by atoms with Crippen LogP contribution in [0.25, 0.3) is 0 Å². The lowest BCUT2D eigenvalue weighted by Gasteiger charge is -2.38. The third kappa shape index (κ3) is 6.91. The van der Waals surface area contributed by atoms with E-state index in [1.165, 1.54) is 32.1 Å². The van der Waals surface area contributed by atoms with E-state index in [1.54, 1.807) is 0 Å². The zero-order valence-electron chi connectivity index (χ0n) is 14.0. The van der Waals surface area contributed by atoms with Crippen molar-refractivity contribution in [3.8, 4) is 0 Å². The molecule has 0 N–H and O–H groups in total. The molecule has 2 nitrogen and oxygen atoms in total. The Kier molecular flexibility index (Phi) is 6.09. The topological polar surface area (TPSA) is 18.5 Å². The van der Waals surface area contributed by atoms with Gasteiger partial charge in [0.1, 0.15) is 14.7 Å². The zero-order valence-corrected chi connectivity index (χ0v) is 15.0. The van der Waals surface area contributed by atoms with Gasteiger partial charge < -0.3 is 9.47 Å². The second-order valence-electron chi connectivity index (χ2n) is 7.87. The summed E-state index contributed by atoms with van der Waals surface area (Å²) in [6.45, 7) is 15.2. The fraction of sp³-hybridized carbons (Fsp3) is 1.00. The molecule has 0 spiro atoms. The second kappa shape index (κ2) is 6.73. The average molecular weight is 286 g/mol. The molecule has 1 saturated carbocycles. The van der Waals surface area contributed by atoms with Crippen LogP contribution in [-0.2, 0) is 9.47 Å². The van der Waals surface area contributed by atoms with E-state index in [2.05, 4.69) is 48.1 Å². The van der Waals surface area contributed by atoms with Gasteiger partial charge in [0.05, 0.1) is 11.2 Å². The maximum Gasteiger partial charge on any atom is 0.141 e. The number of hydrogen-bond acceptors (Lipinski definition) is 2. The van der Waals surface area contributed by atoms with Gasteiger partial charge in [0.15, 0.2) is 0 Å². The predicted molar refractivity (Wildman–Crippen MR) is 83.9 cm³/mol. The van der Waals surface area contributed by atoms with Gasteiger partial charge in [-0.05, 0) is 47.1 Å². The van der Waals surface area contributed by atoms with Gasteiger partial charge in [-0.3, -0.25) is 0 Å². The molecule has 0 bridgehead atoms. The van der Waals surface area contributed by atoms with Crippen LogP contribution in [0.3, 0.4) is 0 Å². The summed E-state index contributed by atoms with van der Waals surface area (Å²) in [5.74, 6) is 0.00750. The highest BCUT2D eigenvalue weighted by Crippen LogP contribution is 2.34. The monoisotopic (exact) mass is 285 g/mol. The maximum absolute atomic E-state index is 6.25. The van der Waals surface area contributed by atoms with Crippen LogP contribution in [0.2, 0.25) is 12.1 Å². The Balaban J connectivity index is 2.70. The van der Waals surface area contributed by atoms with E-state index in [0.717, 1.165) is 5.54 Å². The van der Waals surface area contributed by atoms with Crippen LogP contribution >= 0.6 is 0 Å². The summed E-state index contributed by atoms with van der Waals surface area (Å²) in [6, 6.07) is 0. The lowest BCUT2D eigenvalue weighted by Crippen LogP contribution is -2.46. The molecule has 1 aliphatic carbocycles. The molecule has 3 heteroatoms. The number of hydrogen-bond donors (Lipinski definition) is 0. The van der Waals surface area contributed by atoms with Crippen LogP contribution in [-0.4, -0.2) is 25.9 Å². The van der Waals surface area contributed by atoms with Gasteiger partial charge in [0.2, 0.25) is 0 Å². The van der Waals surface area contributed by atoms with Crippen molar-refractivity contribution in [1.29, 1.82) is 0 Å². The Morgan fingerprint density at radius 1 is 0.842 bits per heavy atom. The van der Waals surface area contributed by atoms with E-state index in [-0.39, 0.29) is 17.1 Å². The fourth-order valence-corrected chi connectivity index (χ4v) is 5.39. The van der Waals surface area contributed by atoms with E-state index in [1.807, 2.05) is 0 Å². The smallest absolute Gasteiger partial charge is 0.141 e. The Labute approximate surface area is 121 Å². The van der Waals surface area contributed by atoms with Crippen LogP contribution in [0.15, 0.2) is 0 Å². The van der Waals surface area contributed by atoms with Gasteiger partial charge in [0, 0.05) is 0 Å². The first kappa shape index (κ1) is 17.2. The van der Waals surface area contributed by atoms with Crippen molar-refractivity contribution < 1.29 is 9.47 Å². The van der Waals surface area contributed by atoms with Crippen LogP contribution in [0.1, 0.15) is 73.6 Å². The highest BCUT2D eigenvalue weighted by molar-refractivity contribution is 6.60. The molecule has 0 heterocycles. The number of rotatable bonds is 4. The highest BCUT2D eigenvalue weighted by atomic mass is 28.3. The standard InChI is InChI=1S/C16H33O2Si/c1-15(2,3)17-14(18-16(4,5)6)19(7)13-11-9-8-10-12-13/h13-14H,8-12H2,1-7H3. The quantitative estimate of drug-likeness (QED) is 0.538. The van der Waals surface area contributed by atoms with Crippen molar-refractivity contribution >= 4 is 8.80 Å². The molecule has 0 amide bonds. The molecule has 1 aliphatic rings. The summed E-state index contributed by atoms with van der Waals surface area (Å²) in [5, 5.41) is 0. The van der Waals surface area contributed by atoms with Crippen molar-refractivity contribution in [3.63, 3.8) is 0 Å². The molecule has 0 atom stereocenters. The van der Waals surface area contributed by atoms with E-state index in [9.17, 15) is 0 Å². The molecule has 19 heavy (non-hydrogen) atoms. The molecule has 0 aromatic carbocycles. The summed E-state index contributed by atoms with van der Waals surface area (Å²) in [5.41, 5.74) is 0.598. The first-order chi connectivity index (χ1) is 8.58. The zero-order chi connectivity index (χ0) is 14.7. The Morgan fingerprint density at radius 3 is 1.63 bits per heavy atom. The summed E-state index contributed by atoms with van der Waals surface area (Å²) in [4.78, 5) is 0. The van der Waals surface area contributed by atoms with Crippen LogP contribution < -0.4 is 0 Å². The summed E-state index contributed by atoms with van der Waals surface area (Å²) < 4.78 is 12.5. The Morgan fingerprint density at radius 2 is 1.26 bits per heavy atom. The lowest BCUT2D eigenvalue weighted by molar-refractivity contribution is -0.196. The molecule has 0 unspecified atom stereocenters. The van der Waals surface area contributed by atoms with Gasteiger partial charge in [-0.1, -0.05) is 38.7 Å². The van der Waals surface area contributed by atoms with Crippen LogP contribution in [0, 0.1) is 0 Å². The van der Waals surface area contributed by atoms with Crippen LogP contribution in [0.4, 0.5) is 0 Å². The van der Waals surface area contributed by atoms with Crippen molar-refractivity contribution in [2.75, 3.05) is 0 Å². The molecule has 1 rings (SSSR count). The Bertz CT molecular complexity index is 243. The van der Waals surface area contributed by atoms with E-state index in [0.29, 0.717) is 0 Å².